The molecular formula is C16H22N2OS. The second-order valence-electron chi connectivity index (χ2n) is 6.63. The third-order valence-electron chi connectivity index (χ3n) is 4.28. The van der Waals surface area contributed by atoms with Gasteiger partial charge < -0.3 is 9.67 Å². The van der Waals surface area contributed by atoms with E-state index in [-0.39, 0.29) is 11.5 Å². The Balaban J connectivity index is 1.88. The molecule has 0 aromatic carbocycles. The van der Waals surface area contributed by atoms with Crippen LogP contribution in [0.1, 0.15) is 49.0 Å². The number of rotatable bonds is 3. The SMILES string of the molecule is Cc1cc2c(n1CCc1cscn1)CC(C)(C)CC2O. The second kappa shape index (κ2) is 5.01. The van der Waals surface area contributed by atoms with Crippen LogP contribution in [-0.2, 0) is 19.4 Å². The lowest BCUT2D eigenvalue weighted by atomic mass is 9.75. The number of aryl methyl sites for hydroxylation is 2. The lowest BCUT2D eigenvalue weighted by molar-refractivity contribution is 0.0979. The van der Waals surface area contributed by atoms with Crippen LogP contribution in [0.25, 0.3) is 0 Å². The summed E-state index contributed by atoms with van der Waals surface area (Å²) in [6.07, 6.45) is 2.55. The topological polar surface area (TPSA) is 38.0 Å². The van der Waals surface area contributed by atoms with E-state index in [1.165, 1.54) is 11.4 Å². The standard InChI is InChI=1S/C16H22N2OS/c1-11-6-13-14(7-16(2,3)8-15(13)19)18(11)5-4-12-9-20-10-17-12/h6,9-10,15,19H,4-5,7-8H2,1-3H3. The van der Waals surface area contributed by atoms with Crippen LogP contribution >= 0.6 is 11.3 Å². The van der Waals surface area contributed by atoms with Crippen molar-refractivity contribution in [3.8, 4) is 0 Å². The van der Waals surface area contributed by atoms with Crippen molar-refractivity contribution < 1.29 is 5.11 Å². The highest BCUT2D eigenvalue weighted by molar-refractivity contribution is 7.07. The van der Waals surface area contributed by atoms with E-state index < -0.39 is 0 Å². The molecule has 1 aliphatic carbocycles. The van der Waals surface area contributed by atoms with Crippen molar-refractivity contribution in [3.63, 3.8) is 0 Å². The van der Waals surface area contributed by atoms with E-state index in [0.29, 0.717) is 0 Å². The van der Waals surface area contributed by atoms with Crippen molar-refractivity contribution >= 4 is 11.3 Å². The molecule has 0 radical (unpaired) electrons. The van der Waals surface area contributed by atoms with Gasteiger partial charge in [-0.2, -0.15) is 0 Å². The highest BCUT2D eigenvalue weighted by atomic mass is 32.1. The van der Waals surface area contributed by atoms with Crippen molar-refractivity contribution in [1.29, 1.82) is 0 Å². The molecule has 108 valence electrons. The zero-order valence-corrected chi connectivity index (χ0v) is 13.2. The number of hydrogen-bond acceptors (Lipinski definition) is 3. The van der Waals surface area contributed by atoms with Gasteiger partial charge in [0.1, 0.15) is 0 Å². The van der Waals surface area contributed by atoms with Crippen molar-refractivity contribution in [1.82, 2.24) is 9.55 Å². The fraction of sp³-hybridized carbons (Fsp3) is 0.562. The molecular weight excluding hydrogens is 268 g/mol. The maximum Gasteiger partial charge on any atom is 0.0812 e. The fourth-order valence-corrected chi connectivity index (χ4v) is 3.89. The van der Waals surface area contributed by atoms with Gasteiger partial charge >= 0.3 is 0 Å². The number of aliphatic hydroxyl groups is 1. The molecule has 0 aliphatic heterocycles. The molecule has 2 aromatic rings. The second-order valence-corrected chi connectivity index (χ2v) is 7.35. The van der Waals surface area contributed by atoms with Crippen molar-refractivity contribution in [2.75, 3.05) is 0 Å². The normalized spacial score (nSPS) is 20.9. The molecule has 0 fully saturated rings. The zero-order valence-electron chi connectivity index (χ0n) is 12.4. The quantitative estimate of drug-likeness (QED) is 0.939. The molecule has 3 nitrogen and oxygen atoms in total. The van der Waals surface area contributed by atoms with Gasteiger partial charge in [0, 0.05) is 35.3 Å². The molecule has 1 atom stereocenters. The molecule has 2 aromatic heterocycles. The molecule has 0 bridgehead atoms. The van der Waals surface area contributed by atoms with Crippen LogP contribution < -0.4 is 0 Å². The molecule has 20 heavy (non-hydrogen) atoms. The number of aromatic nitrogens is 2. The third kappa shape index (κ3) is 2.54. The minimum atomic E-state index is -0.312. The first kappa shape index (κ1) is 13.8. The summed E-state index contributed by atoms with van der Waals surface area (Å²) in [6.45, 7) is 7.57. The number of aliphatic hydroxyl groups excluding tert-OH is 1. The monoisotopic (exact) mass is 290 g/mol. The predicted molar refractivity (Wildman–Crippen MR) is 82.0 cm³/mol. The van der Waals surface area contributed by atoms with Crippen molar-refractivity contribution in [3.05, 3.63) is 39.6 Å². The number of fused-ring (bicyclic) bond motifs is 1. The summed E-state index contributed by atoms with van der Waals surface area (Å²) < 4.78 is 2.37. The van der Waals surface area contributed by atoms with Crippen LogP contribution in [0.2, 0.25) is 0 Å². The highest BCUT2D eigenvalue weighted by Gasteiger charge is 2.33. The van der Waals surface area contributed by atoms with Crippen LogP contribution in [0, 0.1) is 12.3 Å². The summed E-state index contributed by atoms with van der Waals surface area (Å²) >= 11 is 1.65. The molecule has 0 spiro atoms. The first-order valence-corrected chi connectivity index (χ1v) is 8.14. The summed E-state index contributed by atoms with van der Waals surface area (Å²) in [7, 11) is 0. The van der Waals surface area contributed by atoms with Gasteiger partial charge in [-0.3, -0.25) is 0 Å². The first-order valence-electron chi connectivity index (χ1n) is 7.20. The Morgan fingerprint density at radius 1 is 1.50 bits per heavy atom. The third-order valence-corrected chi connectivity index (χ3v) is 4.91. The highest BCUT2D eigenvalue weighted by Crippen LogP contribution is 2.41. The fourth-order valence-electron chi connectivity index (χ4n) is 3.30. The first-order chi connectivity index (χ1) is 9.46. The molecule has 1 unspecified atom stereocenters. The van der Waals surface area contributed by atoms with Gasteiger partial charge in [0.15, 0.2) is 0 Å². The van der Waals surface area contributed by atoms with Crippen LogP contribution in [0.5, 0.6) is 0 Å². The molecule has 4 heteroatoms. The van der Waals surface area contributed by atoms with E-state index in [4.69, 9.17) is 0 Å². The number of hydrogen-bond donors (Lipinski definition) is 1. The molecule has 0 saturated carbocycles. The predicted octanol–water partition coefficient (Wildman–Crippen LogP) is 3.50. The zero-order chi connectivity index (χ0) is 14.3. The largest absolute Gasteiger partial charge is 0.388 e. The van der Waals surface area contributed by atoms with E-state index in [1.807, 2.05) is 5.51 Å². The minimum absolute atomic E-state index is 0.176. The van der Waals surface area contributed by atoms with Crippen LogP contribution in [0.3, 0.4) is 0 Å². The van der Waals surface area contributed by atoms with Gasteiger partial charge in [-0.25, -0.2) is 4.98 Å². The van der Waals surface area contributed by atoms with Gasteiger partial charge in [0.05, 0.1) is 17.3 Å². The number of nitrogens with zero attached hydrogens (tertiary/aromatic N) is 2. The lowest BCUT2D eigenvalue weighted by Gasteiger charge is -2.34. The van der Waals surface area contributed by atoms with E-state index in [1.54, 1.807) is 11.3 Å². The maximum absolute atomic E-state index is 10.4. The van der Waals surface area contributed by atoms with Crippen molar-refractivity contribution in [2.24, 2.45) is 5.41 Å². The van der Waals surface area contributed by atoms with Crippen molar-refractivity contribution in [2.45, 2.75) is 52.7 Å². The van der Waals surface area contributed by atoms with Crippen LogP contribution in [-0.4, -0.2) is 14.7 Å². The molecule has 0 saturated heterocycles. The van der Waals surface area contributed by atoms with E-state index in [0.717, 1.165) is 37.1 Å². The molecule has 1 N–H and O–H groups in total. The summed E-state index contributed by atoms with van der Waals surface area (Å²) in [6, 6.07) is 2.16. The van der Waals surface area contributed by atoms with E-state index in [9.17, 15) is 5.11 Å². The van der Waals surface area contributed by atoms with Crippen LogP contribution in [0.4, 0.5) is 0 Å². The summed E-state index contributed by atoms with van der Waals surface area (Å²) in [5, 5.41) is 12.5. The Bertz CT molecular complexity index is 598. The summed E-state index contributed by atoms with van der Waals surface area (Å²) in [5.41, 5.74) is 6.94. The van der Waals surface area contributed by atoms with Gasteiger partial charge in [-0.05, 0) is 31.2 Å². The van der Waals surface area contributed by atoms with Gasteiger partial charge in [-0.15, -0.1) is 11.3 Å². The van der Waals surface area contributed by atoms with E-state index in [2.05, 4.69) is 41.8 Å². The average Bonchev–Trinajstić information content (AvgIpc) is 2.94. The van der Waals surface area contributed by atoms with Crippen LogP contribution in [0.15, 0.2) is 17.0 Å². The smallest absolute Gasteiger partial charge is 0.0812 e. The van der Waals surface area contributed by atoms with Gasteiger partial charge in [0.2, 0.25) is 0 Å². The summed E-state index contributed by atoms with van der Waals surface area (Å²) in [4.78, 5) is 4.36. The molecule has 1 aliphatic rings. The summed E-state index contributed by atoms with van der Waals surface area (Å²) in [5.74, 6) is 0. The molecule has 0 amide bonds. The Morgan fingerprint density at radius 2 is 2.30 bits per heavy atom. The molecule has 2 heterocycles. The molecule has 3 rings (SSSR count). The maximum atomic E-state index is 10.4. The van der Waals surface area contributed by atoms with Gasteiger partial charge in [0.25, 0.3) is 0 Å². The Kier molecular flexibility index (Phi) is 3.46. The Labute approximate surface area is 124 Å². The Hall–Kier alpha value is -1.13. The average molecular weight is 290 g/mol. The lowest BCUT2D eigenvalue weighted by Crippen LogP contribution is -2.27. The number of thiazole rings is 1. The van der Waals surface area contributed by atoms with E-state index >= 15 is 0 Å². The van der Waals surface area contributed by atoms with Gasteiger partial charge in [-0.1, -0.05) is 13.8 Å². The Morgan fingerprint density at radius 3 is 3.00 bits per heavy atom. The minimum Gasteiger partial charge on any atom is -0.388 e.